The van der Waals surface area contributed by atoms with Gasteiger partial charge in [0.1, 0.15) is 0 Å². The van der Waals surface area contributed by atoms with Gasteiger partial charge in [0, 0.05) is 17.4 Å². The lowest BCUT2D eigenvalue weighted by Crippen LogP contribution is -2.44. The van der Waals surface area contributed by atoms with Crippen molar-refractivity contribution in [2.24, 2.45) is 0 Å². The lowest BCUT2D eigenvalue weighted by Gasteiger charge is -2.33. The summed E-state index contributed by atoms with van der Waals surface area (Å²) in [6.45, 7) is 16.7. The van der Waals surface area contributed by atoms with E-state index in [0.29, 0.717) is 6.04 Å². The topological polar surface area (TPSA) is 3.24 Å². The van der Waals surface area contributed by atoms with Crippen LogP contribution < -0.4 is 15.3 Å². The summed E-state index contributed by atoms with van der Waals surface area (Å²) in [5.41, 5.74) is 7.56. The third-order valence-electron chi connectivity index (χ3n) is 5.74. The second-order valence-corrected chi connectivity index (χ2v) is 15.7. The first-order chi connectivity index (χ1) is 12.1. The van der Waals surface area contributed by atoms with Gasteiger partial charge in [0.25, 0.3) is 0 Å². The molecule has 2 aliphatic rings. The molecule has 0 aromatic heterocycles. The van der Waals surface area contributed by atoms with Crippen molar-refractivity contribution in [3.05, 3.63) is 64.0 Å². The standard InChI is InChI=1S/C24H31NSi/c1-16-18-10-8-9-11-19(18)22-20-14-17(24(2,3)4)12-13-21(20)25(23(16)22)15-26(5,6)7/h8-14,23H,15H2,1-7H3. The molecule has 1 nitrogen and oxygen atoms in total. The van der Waals surface area contributed by atoms with E-state index in [2.05, 4.69) is 94.7 Å². The van der Waals surface area contributed by atoms with Gasteiger partial charge in [-0.05, 0) is 51.6 Å². The van der Waals surface area contributed by atoms with Crippen molar-refractivity contribution in [3.63, 3.8) is 0 Å². The van der Waals surface area contributed by atoms with E-state index in [4.69, 9.17) is 0 Å². The Hall–Kier alpha value is -1.80. The Morgan fingerprint density at radius 2 is 1.62 bits per heavy atom. The Morgan fingerprint density at radius 3 is 2.23 bits per heavy atom. The zero-order valence-corrected chi connectivity index (χ0v) is 18.3. The van der Waals surface area contributed by atoms with Crippen molar-refractivity contribution in [1.29, 1.82) is 0 Å². The molecule has 1 aliphatic heterocycles. The molecule has 0 saturated heterocycles. The molecule has 1 aliphatic carbocycles. The quantitative estimate of drug-likeness (QED) is 0.715. The number of hydrogen-bond donors (Lipinski definition) is 0. The first-order valence-corrected chi connectivity index (χ1v) is 13.5. The van der Waals surface area contributed by atoms with E-state index in [-0.39, 0.29) is 5.41 Å². The maximum Gasteiger partial charge on any atom is 0.0771 e. The number of anilines is 1. The van der Waals surface area contributed by atoms with Crippen molar-refractivity contribution < 1.29 is 0 Å². The van der Waals surface area contributed by atoms with Gasteiger partial charge in [0.15, 0.2) is 0 Å². The Bertz CT molecular complexity index is 1000. The minimum atomic E-state index is -1.23. The normalized spacial score (nSPS) is 18.9. The summed E-state index contributed by atoms with van der Waals surface area (Å²) >= 11 is 0. The Kier molecular flexibility index (Phi) is 3.79. The highest BCUT2D eigenvalue weighted by Crippen LogP contribution is 2.45. The molecule has 0 N–H and O–H groups in total. The second-order valence-electron chi connectivity index (χ2n) is 10.2. The largest absolute Gasteiger partial charge is 0.363 e. The molecule has 0 bridgehead atoms. The molecular weight excluding hydrogens is 330 g/mol. The van der Waals surface area contributed by atoms with Crippen LogP contribution in [-0.4, -0.2) is 20.3 Å². The van der Waals surface area contributed by atoms with E-state index in [0.717, 1.165) is 0 Å². The van der Waals surface area contributed by atoms with Crippen LogP contribution in [0.2, 0.25) is 19.6 Å². The van der Waals surface area contributed by atoms with Crippen LogP contribution in [0.1, 0.15) is 38.8 Å². The predicted octanol–water partition coefficient (Wildman–Crippen LogP) is 4.43. The van der Waals surface area contributed by atoms with Gasteiger partial charge < -0.3 is 4.90 Å². The maximum absolute atomic E-state index is 2.71. The molecule has 1 atom stereocenters. The van der Waals surface area contributed by atoms with Crippen LogP contribution in [0, 0.1) is 0 Å². The summed E-state index contributed by atoms with van der Waals surface area (Å²) in [7, 11) is -1.23. The molecule has 0 radical (unpaired) electrons. The Morgan fingerprint density at radius 1 is 0.962 bits per heavy atom. The van der Waals surface area contributed by atoms with E-state index < -0.39 is 8.07 Å². The zero-order valence-electron chi connectivity index (χ0n) is 17.3. The highest BCUT2D eigenvalue weighted by atomic mass is 28.3. The second kappa shape index (κ2) is 5.59. The average Bonchev–Trinajstić information content (AvgIpc) is 3.00. The minimum Gasteiger partial charge on any atom is -0.363 e. The molecule has 0 amide bonds. The van der Waals surface area contributed by atoms with Crippen LogP contribution in [0.5, 0.6) is 0 Å². The molecule has 0 saturated carbocycles. The van der Waals surface area contributed by atoms with E-state index in [1.807, 2.05) is 0 Å². The zero-order chi connectivity index (χ0) is 18.9. The molecule has 2 aromatic carbocycles. The van der Waals surface area contributed by atoms with Crippen LogP contribution >= 0.6 is 0 Å². The highest BCUT2D eigenvalue weighted by molar-refractivity contribution is 6.76. The molecule has 1 unspecified atom stereocenters. The average molecular weight is 362 g/mol. The van der Waals surface area contributed by atoms with Crippen LogP contribution in [0.15, 0.2) is 42.5 Å². The lowest BCUT2D eigenvalue weighted by atomic mass is 9.85. The summed E-state index contributed by atoms with van der Waals surface area (Å²) < 4.78 is 0. The Labute approximate surface area is 159 Å². The maximum atomic E-state index is 2.71. The fraction of sp³-hybridized carbons (Fsp3) is 0.417. The molecule has 2 aromatic rings. The van der Waals surface area contributed by atoms with Gasteiger partial charge >= 0.3 is 0 Å². The van der Waals surface area contributed by atoms with Crippen molar-refractivity contribution in [2.75, 3.05) is 11.1 Å². The molecule has 26 heavy (non-hydrogen) atoms. The van der Waals surface area contributed by atoms with E-state index in [1.54, 1.807) is 0 Å². The van der Waals surface area contributed by atoms with Gasteiger partial charge in [0.2, 0.25) is 0 Å². The van der Waals surface area contributed by atoms with Crippen LogP contribution in [0.25, 0.3) is 11.1 Å². The smallest absolute Gasteiger partial charge is 0.0771 e. The van der Waals surface area contributed by atoms with E-state index in [1.165, 1.54) is 44.6 Å². The fourth-order valence-corrected chi connectivity index (χ4v) is 5.93. The summed E-state index contributed by atoms with van der Waals surface area (Å²) in [6.07, 6.45) is 1.20. The van der Waals surface area contributed by atoms with E-state index in [9.17, 15) is 0 Å². The van der Waals surface area contributed by atoms with Crippen LogP contribution in [0.4, 0.5) is 5.69 Å². The molecule has 0 spiro atoms. The summed E-state index contributed by atoms with van der Waals surface area (Å²) in [4.78, 5) is 2.71. The van der Waals surface area contributed by atoms with Gasteiger partial charge in [-0.1, -0.05) is 70.7 Å². The first-order valence-electron chi connectivity index (χ1n) is 9.79. The third kappa shape index (κ3) is 2.66. The van der Waals surface area contributed by atoms with E-state index >= 15 is 0 Å². The van der Waals surface area contributed by atoms with Gasteiger partial charge in [-0.25, -0.2) is 0 Å². The molecule has 1 heterocycles. The van der Waals surface area contributed by atoms with Crippen LogP contribution in [-0.2, 0) is 5.41 Å². The van der Waals surface area contributed by atoms with Gasteiger partial charge in [-0.15, -0.1) is 0 Å². The van der Waals surface area contributed by atoms with Crippen molar-refractivity contribution in [1.82, 2.24) is 0 Å². The van der Waals surface area contributed by atoms with Gasteiger partial charge in [-0.2, -0.15) is 0 Å². The number of benzene rings is 2. The van der Waals surface area contributed by atoms with Crippen molar-refractivity contribution >= 4 is 24.9 Å². The number of nitrogens with zero attached hydrogens (tertiary/aromatic N) is 1. The number of fused-ring (bicyclic) bond motifs is 4. The van der Waals surface area contributed by atoms with Crippen molar-refractivity contribution in [2.45, 2.75) is 58.8 Å². The first kappa shape index (κ1) is 17.6. The molecule has 4 rings (SSSR count). The monoisotopic (exact) mass is 361 g/mol. The molecular formula is C24H31NSi. The highest BCUT2D eigenvalue weighted by Gasteiger charge is 2.40. The SMILES string of the molecule is CC1=c2ccccc2=C2c3cc(C(C)(C)C)ccc3N(C[Si](C)(C)C)C12. The molecule has 2 heteroatoms. The molecule has 0 fully saturated rings. The predicted molar refractivity (Wildman–Crippen MR) is 117 cm³/mol. The number of rotatable bonds is 2. The fourth-order valence-electron chi connectivity index (χ4n) is 4.55. The summed E-state index contributed by atoms with van der Waals surface area (Å²) in [5, 5.41) is 2.89. The van der Waals surface area contributed by atoms with Crippen LogP contribution in [0.3, 0.4) is 0 Å². The molecule has 136 valence electrons. The van der Waals surface area contributed by atoms with Gasteiger partial charge in [0.05, 0.1) is 14.1 Å². The third-order valence-corrected chi connectivity index (χ3v) is 7.03. The summed E-state index contributed by atoms with van der Waals surface area (Å²) in [5.74, 6) is 0. The number of hydrogen-bond acceptors (Lipinski definition) is 1. The Balaban J connectivity index is 2.02. The minimum absolute atomic E-state index is 0.175. The van der Waals surface area contributed by atoms with Crippen molar-refractivity contribution in [3.8, 4) is 0 Å². The summed E-state index contributed by atoms with van der Waals surface area (Å²) in [6, 6.07) is 16.6. The van der Waals surface area contributed by atoms with Gasteiger partial charge in [-0.3, -0.25) is 0 Å². The lowest BCUT2D eigenvalue weighted by molar-refractivity contribution is 0.590.